The van der Waals surface area contributed by atoms with Crippen LogP contribution in [0, 0.1) is 13.8 Å². The Morgan fingerprint density at radius 1 is 1.35 bits per heavy atom. The van der Waals surface area contributed by atoms with Crippen molar-refractivity contribution in [3.63, 3.8) is 0 Å². The van der Waals surface area contributed by atoms with E-state index in [0.29, 0.717) is 24.7 Å². The third kappa shape index (κ3) is 3.13. The van der Waals surface area contributed by atoms with Crippen LogP contribution in [0.3, 0.4) is 0 Å². The van der Waals surface area contributed by atoms with Crippen molar-refractivity contribution in [1.29, 1.82) is 0 Å². The molecule has 6 nitrogen and oxygen atoms in total. The van der Waals surface area contributed by atoms with Crippen molar-refractivity contribution in [2.75, 3.05) is 11.9 Å². The van der Waals surface area contributed by atoms with Gasteiger partial charge in [-0.25, -0.2) is 9.97 Å². The molecule has 2 rings (SSSR count). The molecule has 17 heavy (non-hydrogen) atoms. The molecule has 0 spiro atoms. The highest BCUT2D eigenvalue weighted by Crippen LogP contribution is 2.12. The summed E-state index contributed by atoms with van der Waals surface area (Å²) in [6.07, 6.45) is 2.32. The van der Waals surface area contributed by atoms with Crippen LogP contribution in [0.4, 0.5) is 5.82 Å². The van der Waals surface area contributed by atoms with Gasteiger partial charge >= 0.3 is 0 Å². The highest BCUT2D eigenvalue weighted by Gasteiger charge is 2.04. The number of hydrogen-bond donors (Lipinski definition) is 1. The molecule has 0 amide bonds. The molecule has 2 aromatic heterocycles. The zero-order valence-corrected chi connectivity index (χ0v) is 10.3. The highest BCUT2D eigenvalue weighted by molar-refractivity contribution is 6.28. The number of nitrogens with one attached hydrogen (secondary N) is 1. The molecule has 0 aliphatic carbocycles. The third-order valence-electron chi connectivity index (χ3n) is 2.14. The first-order chi connectivity index (χ1) is 8.15. The first-order valence-corrected chi connectivity index (χ1v) is 5.55. The normalized spacial score (nSPS) is 10.5. The largest absolute Gasteiger partial charge is 0.369 e. The van der Waals surface area contributed by atoms with Crippen LogP contribution in [-0.4, -0.2) is 26.7 Å². The Balaban J connectivity index is 1.91. The lowest BCUT2D eigenvalue weighted by atomic mass is 10.3. The van der Waals surface area contributed by atoms with Crippen molar-refractivity contribution in [1.82, 2.24) is 20.1 Å². The second-order valence-electron chi connectivity index (χ2n) is 3.58. The molecule has 0 saturated heterocycles. The van der Waals surface area contributed by atoms with Gasteiger partial charge in [0.1, 0.15) is 5.82 Å². The SMILES string of the molecule is Cc1noc(CCNc2nc(Cl)ncc2C)n1. The lowest BCUT2D eigenvalue weighted by Crippen LogP contribution is -2.08. The lowest BCUT2D eigenvalue weighted by Gasteiger charge is -2.06. The zero-order valence-electron chi connectivity index (χ0n) is 9.57. The quantitative estimate of drug-likeness (QED) is 0.837. The second-order valence-corrected chi connectivity index (χ2v) is 3.92. The van der Waals surface area contributed by atoms with E-state index in [4.69, 9.17) is 16.1 Å². The second kappa shape index (κ2) is 5.09. The molecule has 0 unspecified atom stereocenters. The van der Waals surface area contributed by atoms with Crippen molar-refractivity contribution in [2.45, 2.75) is 20.3 Å². The van der Waals surface area contributed by atoms with E-state index in [-0.39, 0.29) is 5.28 Å². The van der Waals surface area contributed by atoms with Crippen LogP contribution in [0.2, 0.25) is 5.28 Å². The molecule has 0 atom stereocenters. The highest BCUT2D eigenvalue weighted by atomic mass is 35.5. The number of aromatic nitrogens is 4. The summed E-state index contributed by atoms with van der Waals surface area (Å²) in [5.41, 5.74) is 0.941. The van der Waals surface area contributed by atoms with Gasteiger partial charge in [0, 0.05) is 24.7 Å². The Bertz CT molecular complexity index is 513. The van der Waals surface area contributed by atoms with Gasteiger partial charge in [0.15, 0.2) is 5.82 Å². The van der Waals surface area contributed by atoms with Crippen molar-refractivity contribution in [2.24, 2.45) is 0 Å². The molecule has 0 fully saturated rings. The van der Waals surface area contributed by atoms with Crippen LogP contribution in [0.1, 0.15) is 17.3 Å². The van der Waals surface area contributed by atoms with Crippen LogP contribution in [0.15, 0.2) is 10.7 Å². The fraction of sp³-hybridized carbons (Fsp3) is 0.400. The van der Waals surface area contributed by atoms with E-state index in [0.717, 1.165) is 11.4 Å². The summed E-state index contributed by atoms with van der Waals surface area (Å²) >= 11 is 5.71. The molecule has 7 heteroatoms. The van der Waals surface area contributed by atoms with Gasteiger partial charge in [0.05, 0.1) is 0 Å². The summed E-state index contributed by atoms with van der Waals surface area (Å²) in [7, 11) is 0. The Labute approximate surface area is 103 Å². The standard InChI is InChI=1S/C10H12ClN5O/c1-6-5-13-10(11)15-9(6)12-4-3-8-14-7(2)16-17-8/h5H,3-4H2,1-2H3,(H,12,13,15). The van der Waals surface area contributed by atoms with Gasteiger partial charge in [-0.2, -0.15) is 4.98 Å². The fourth-order valence-corrected chi connectivity index (χ4v) is 1.46. The summed E-state index contributed by atoms with van der Waals surface area (Å²) in [6, 6.07) is 0. The predicted octanol–water partition coefficient (Wildman–Crippen LogP) is 1.78. The van der Waals surface area contributed by atoms with Gasteiger partial charge in [-0.15, -0.1) is 0 Å². The molecule has 0 aromatic carbocycles. The first kappa shape index (κ1) is 11.8. The molecule has 1 N–H and O–H groups in total. The minimum atomic E-state index is 0.228. The maximum atomic E-state index is 5.71. The van der Waals surface area contributed by atoms with E-state index in [9.17, 15) is 0 Å². The zero-order chi connectivity index (χ0) is 12.3. The molecule has 0 bridgehead atoms. The van der Waals surface area contributed by atoms with E-state index in [1.54, 1.807) is 13.1 Å². The maximum Gasteiger partial charge on any atom is 0.228 e. The Kier molecular flexibility index (Phi) is 3.53. The number of nitrogens with zero attached hydrogens (tertiary/aromatic N) is 4. The van der Waals surface area contributed by atoms with Crippen molar-refractivity contribution in [3.05, 3.63) is 28.8 Å². The third-order valence-corrected chi connectivity index (χ3v) is 2.33. The molecule has 0 aliphatic heterocycles. The van der Waals surface area contributed by atoms with E-state index in [1.807, 2.05) is 6.92 Å². The average molecular weight is 254 g/mol. The molecule has 0 aliphatic rings. The van der Waals surface area contributed by atoms with Crippen molar-refractivity contribution in [3.8, 4) is 0 Å². The lowest BCUT2D eigenvalue weighted by molar-refractivity contribution is 0.377. The molecular formula is C10H12ClN5O. The van der Waals surface area contributed by atoms with E-state index in [2.05, 4.69) is 25.4 Å². The number of halogens is 1. The van der Waals surface area contributed by atoms with Crippen LogP contribution in [0.5, 0.6) is 0 Å². The van der Waals surface area contributed by atoms with Gasteiger partial charge in [-0.05, 0) is 25.4 Å². The molecule has 2 aromatic rings. The van der Waals surface area contributed by atoms with Crippen LogP contribution in [-0.2, 0) is 6.42 Å². The van der Waals surface area contributed by atoms with Gasteiger partial charge in [0.25, 0.3) is 0 Å². The predicted molar refractivity (Wildman–Crippen MR) is 63.0 cm³/mol. The van der Waals surface area contributed by atoms with Gasteiger partial charge < -0.3 is 9.84 Å². The minimum Gasteiger partial charge on any atom is -0.369 e. The van der Waals surface area contributed by atoms with Gasteiger partial charge in [-0.1, -0.05) is 5.16 Å². The van der Waals surface area contributed by atoms with E-state index >= 15 is 0 Å². The molecule has 90 valence electrons. The van der Waals surface area contributed by atoms with Crippen molar-refractivity contribution < 1.29 is 4.52 Å². The number of aryl methyl sites for hydroxylation is 2. The summed E-state index contributed by atoms with van der Waals surface area (Å²) in [6.45, 7) is 4.35. The van der Waals surface area contributed by atoms with Crippen LogP contribution >= 0.6 is 11.6 Å². The minimum absolute atomic E-state index is 0.228. The van der Waals surface area contributed by atoms with Crippen molar-refractivity contribution >= 4 is 17.4 Å². The van der Waals surface area contributed by atoms with Gasteiger partial charge in [0.2, 0.25) is 11.2 Å². The van der Waals surface area contributed by atoms with Crippen LogP contribution in [0.25, 0.3) is 0 Å². The summed E-state index contributed by atoms with van der Waals surface area (Å²) in [5.74, 6) is 1.97. The summed E-state index contributed by atoms with van der Waals surface area (Å²) < 4.78 is 5.00. The Hall–Kier alpha value is -1.69. The first-order valence-electron chi connectivity index (χ1n) is 5.17. The number of rotatable bonds is 4. The number of hydrogen-bond acceptors (Lipinski definition) is 6. The number of anilines is 1. The average Bonchev–Trinajstić information content (AvgIpc) is 2.69. The Morgan fingerprint density at radius 2 is 2.18 bits per heavy atom. The molecule has 0 saturated carbocycles. The summed E-state index contributed by atoms with van der Waals surface area (Å²) in [5, 5.41) is 7.09. The Morgan fingerprint density at radius 3 is 2.88 bits per heavy atom. The molecule has 0 radical (unpaired) electrons. The van der Waals surface area contributed by atoms with Gasteiger partial charge in [-0.3, -0.25) is 0 Å². The van der Waals surface area contributed by atoms with Crippen LogP contribution < -0.4 is 5.32 Å². The smallest absolute Gasteiger partial charge is 0.228 e. The topological polar surface area (TPSA) is 76.7 Å². The molecular weight excluding hydrogens is 242 g/mol. The summed E-state index contributed by atoms with van der Waals surface area (Å²) in [4.78, 5) is 12.1. The fourth-order valence-electron chi connectivity index (χ4n) is 1.33. The molecule has 2 heterocycles. The monoisotopic (exact) mass is 253 g/mol. The maximum absolute atomic E-state index is 5.71. The van der Waals surface area contributed by atoms with E-state index in [1.165, 1.54) is 0 Å². The van der Waals surface area contributed by atoms with E-state index < -0.39 is 0 Å².